The van der Waals surface area contributed by atoms with Crippen molar-refractivity contribution in [1.82, 2.24) is 9.97 Å². The maximum absolute atomic E-state index is 5.59. The highest BCUT2D eigenvalue weighted by Gasteiger charge is 2.22. The average molecular weight is 388 g/mol. The van der Waals surface area contributed by atoms with Crippen LogP contribution in [-0.4, -0.2) is 31.3 Å². The quantitative estimate of drug-likeness (QED) is 0.516. The molecule has 1 aliphatic carbocycles. The SMILES string of the molecule is COc1cc(-c2[nH]c3ccc4nccc4c3c3c2CCCC3)cc(OC)c1OC. The Hall–Kier alpha value is -3.21. The van der Waals surface area contributed by atoms with Crippen molar-refractivity contribution < 1.29 is 14.2 Å². The zero-order valence-corrected chi connectivity index (χ0v) is 17.0. The van der Waals surface area contributed by atoms with Gasteiger partial charge in [0, 0.05) is 33.7 Å². The summed E-state index contributed by atoms with van der Waals surface area (Å²) in [6, 6.07) is 10.4. The summed E-state index contributed by atoms with van der Waals surface area (Å²) >= 11 is 0. The van der Waals surface area contributed by atoms with Gasteiger partial charge in [-0.3, -0.25) is 4.98 Å². The number of rotatable bonds is 4. The molecular formula is C24H24N2O3. The monoisotopic (exact) mass is 388 g/mol. The first kappa shape index (κ1) is 17.9. The Morgan fingerprint density at radius 3 is 2.28 bits per heavy atom. The van der Waals surface area contributed by atoms with Crippen LogP contribution in [0.25, 0.3) is 33.1 Å². The molecule has 0 radical (unpaired) electrons. The molecule has 0 bridgehead atoms. The van der Waals surface area contributed by atoms with E-state index in [1.54, 1.807) is 21.3 Å². The van der Waals surface area contributed by atoms with Gasteiger partial charge < -0.3 is 19.2 Å². The van der Waals surface area contributed by atoms with Crippen LogP contribution >= 0.6 is 0 Å². The predicted molar refractivity (Wildman–Crippen MR) is 115 cm³/mol. The standard InChI is InChI=1S/C24H24N2O3/c1-27-20-12-14(13-21(28-2)24(20)29-3)23-16-7-5-4-6-15(16)22-17-10-11-25-18(17)8-9-19(22)26-23/h8-13,26H,4-7H2,1-3H3. The Kier molecular flexibility index (Phi) is 4.31. The molecule has 2 aromatic carbocycles. The first-order chi connectivity index (χ1) is 14.2. The van der Waals surface area contributed by atoms with E-state index in [2.05, 4.69) is 28.2 Å². The van der Waals surface area contributed by atoms with Crippen LogP contribution in [0, 0.1) is 0 Å². The van der Waals surface area contributed by atoms with Crippen molar-refractivity contribution in [2.75, 3.05) is 21.3 Å². The molecule has 2 aromatic heterocycles. The molecule has 5 rings (SSSR count). The van der Waals surface area contributed by atoms with Gasteiger partial charge in [-0.2, -0.15) is 0 Å². The summed E-state index contributed by atoms with van der Waals surface area (Å²) in [6.07, 6.45) is 6.44. The Bertz CT molecular complexity index is 1200. The lowest BCUT2D eigenvalue weighted by Crippen LogP contribution is -2.08. The van der Waals surface area contributed by atoms with E-state index in [0.29, 0.717) is 17.2 Å². The molecule has 0 saturated carbocycles. The Morgan fingerprint density at radius 2 is 1.59 bits per heavy atom. The molecule has 0 unspecified atom stereocenters. The summed E-state index contributed by atoms with van der Waals surface area (Å²) in [6.45, 7) is 0. The second-order valence-corrected chi connectivity index (χ2v) is 7.44. The van der Waals surface area contributed by atoms with Gasteiger partial charge in [-0.25, -0.2) is 0 Å². The number of pyridine rings is 1. The predicted octanol–water partition coefficient (Wildman–Crippen LogP) is 5.29. The normalized spacial score (nSPS) is 13.5. The lowest BCUT2D eigenvalue weighted by molar-refractivity contribution is 0.324. The van der Waals surface area contributed by atoms with Crippen LogP contribution in [0.15, 0.2) is 36.5 Å². The van der Waals surface area contributed by atoms with E-state index in [1.807, 2.05) is 18.3 Å². The Morgan fingerprint density at radius 1 is 0.862 bits per heavy atom. The molecule has 1 aliphatic rings. The van der Waals surface area contributed by atoms with Crippen molar-refractivity contribution in [3.05, 3.63) is 47.7 Å². The average Bonchev–Trinajstić information content (AvgIpc) is 3.26. The number of ether oxygens (including phenoxy) is 3. The fourth-order valence-electron chi connectivity index (χ4n) is 4.65. The molecule has 0 fully saturated rings. The lowest BCUT2D eigenvalue weighted by Gasteiger charge is -2.23. The van der Waals surface area contributed by atoms with Crippen molar-refractivity contribution in [2.45, 2.75) is 25.7 Å². The van der Waals surface area contributed by atoms with Crippen LogP contribution in [0.2, 0.25) is 0 Å². The second kappa shape index (κ2) is 6.99. The van der Waals surface area contributed by atoms with Crippen LogP contribution in [0.1, 0.15) is 24.0 Å². The number of hydrogen-bond acceptors (Lipinski definition) is 4. The summed E-state index contributed by atoms with van der Waals surface area (Å²) in [5, 5.41) is 2.54. The molecule has 4 aromatic rings. The number of methoxy groups -OCH3 is 3. The van der Waals surface area contributed by atoms with Gasteiger partial charge in [-0.05, 0) is 67.1 Å². The van der Waals surface area contributed by atoms with Gasteiger partial charge in [0.05, 0.1) is 26.8 Å². The lowest BCUT2D eigenvalue weighted by atomic mass is 9.85. The molecule has 1 N–H and O–H groups in total. The highest BCUT2D eigenvalue weighted by Crippen LogP contribution is 2.44. The van der Waals surface area contributed by atoms with E-state index in [4.69, 9.17) is 14.2 Å². The van der Waals surface area contributed by atoms with Gasteiger partial charge in [0.15, 0.2) is 11.5 Å². The third-order valence-corrected chi connectivity index (χ3v) is 5.96. The van der Waals surface area contributed by atoms with Crippen molar-refractivity contribution in [3.63, 3.8) is 0 Å². The molecule has 0 spiro atoms. The number of aromatic amines is 1. The second-order valence-electron chi connectivity index (χ2n) is 7.44. The van der Waals surface area contributed by atoms with E-state index in [1.165, 1.54) is 34.7 Å². The minimum atomic E-state index is 0.609. The van der Waals surface area contributed by atoms with Crippen LogP contribution in [0.4, 0.5) is 0 Å². The largest absolute Gasteiger partial charge is 0.493 e. The maximum atomic E-state index is 5.59. The van der Waals surface area contributed by atoms with Gasteiger partial charge in [-0.15, -0.1) is 0 Å². The van der Waals surface area contributed by atoms with Crippen LogP contribution < -0.4 is 14.2 Å². The van der Waals surface area contributed by atoms with Gasteiger partial charge in [0.2, 0.25) is 5.75 Å². The van der Waals surface area contributed by atoms with Crippen LogP contribution in [-0.2, 0) is 12.8 Å². The van der Waals surface area contributed by atoms with E-state index in [-0.39, 0.29) is 0 Å². The number of benzene rings is 2. The molecule has 5 nitrogen and oxygen atoms in total. The zero-order chi connectivity index (χ0) is 20.0. The van der Waals surface area contributed by atoms with Crippen molar-refractivity contribution in [1.29, 1.82) is 0 Å². The minimum absolute atomic E-state index is 0.609. The summed E-state index contributed by atoms with van der Waals surface area (Å²) < 4.78 is 16.7. The van der Waals surface area contributed by atoms with Gasteiger partial charge in [0.1, 0.15) is 0 Å². The number of nitrogens with one attached hydrogen (secondary N) is 1. The molecule has 0 aliphatic heterocycles. The van der Waals surface area contributed by atoms with E-state index in [9.17, 15) is 0 Å². The van der Waals surface area contributed by atoms with Gasteiger partial charge in [-0.1, -0.05) is 0 Å². The molecule has 5 heteroatoms. The number of H-pyrrole nitrogens is 1. The number of fused-ring (bicyclic) bond motifs is 5. The Labute approximate surface area is 169 Å². The number of nitrogens with zero attached hydrogens (tertiary/aromatic N) is 1. The number of aryl methyl sites for hydroxylation is 1. The number of hydrogen-bond donors (Lipinski definition) is 1. The van der Waals surface area contributed by atoms with E-state index >= 15 is 0 Å². The summed E-state index contributed by atoms with van der Waals surface area (Å²) in [5.41, 5.74) is 7.18. The minimum Gasteiger partial charge on any atom is -0.493 e. The van der Waals surface area contributed by atoms with E-state index in [0.717, 1.165) is 35.1 Å². The van der Waals surface area contributed by atoms with Crippen molar-refractivity contribution in [2.24, 2.45) is 0 Å². The van der Waals surface area contributed by atoms with Gasteiger partial charge in [0.25, 0.3) is 0 Å². The smallest absolute Gasteiger partial charge is 0.203 e. The van der Waals surface area contributed by atoms with Crippen LogP contribution in [0.5, 0.6) is 17.2 Å². The third kappa shape index (κ3) is 2.72. The van der Waals surface area contributed by atoms with Crippen LogP contribution in [0.3, 0.4) is 0 Å². The zero-order valence-electron chi connectivity index (χ0n) is 17.0. The third-order valence-electron chi connectivity index (χ3n) is 5.96. The maximum Gasteiger partial charge on any atom is 0.203 e. The van der Waals surface area contributed by atoms with Crippen molar-refractivity contribution in [3.8, 4) is 28.5 Å². The van der Waals surface area contributed by atoms with Gasteiger partial charge >= 0.3 is 0 Å². The molecule has 0 atom stereocenters. The van der Waals surface area contributed by atoms with E-state index < -0.39 is 0 Å². The molecule has 148 valence electrons. The topological polar surface area (TPSA) is 56.4 Å². The number of aromatic nitrogens is 2. The highest BCUT2D eigenvalue weighted by molar-refractivity contribution is 6.08. The molecular weight excluding hydrogens is 364 g/mol. The fraction of sp³-hybridized carbons (Fsp3) is 0.292. The Balaban J connectivity index is 1.83. The first-order valence-corrected chi connectivity index (χ1v) is 9.96. The molecule has 0 saturated heterocycles. The summed E-state index contributed by atoms with van der Waals surface area (Å²) in [7, 11) is 4.93. The summed E-state index contributed by atoms with van der Waals surface area (Å²) in [4.78, 5) is 8.22. The molecule has 0 amide bonds. The fourth-order valence-corrected chi connectivity index (χ4v) is 4.65. The summed E-state index contributed by atoms with van der Waals surface area (Å²) in [5.74, 6) is 1.93. The molecule has 29 heavy (non-hydrogen) atoms. The highest BCUT2D eigenvalue weighted by atomic mass is 16.5. The van der Waals surface area contributed by atoms with Crippen molar-refractivity contribution >= 4 is 21.8 Å². The first-order valence-electron chi connectivity index (χ1n) is 9.96. The molecule has 2 heterocycles.